The molecule has 8 heavy (non-hydrogen) atoms. The summed E-state index contributed by atoms with van der Waals surface area (Å²) < 4.78 is 0. The molecule has 0 unspecified atom stereocenters. The minimum Gasteiger partial charge on any atom is -0.542 e. The van der Waals surface area contributed by atoms with Gasteiger partial charge in [-0.05, 0) is 6.42 Å². The van der Waals surface area contributed by atoms with Gasteiger partial charge in [-0.1, -0.05) is 6.42 Å². The number of rotatable bonds is 4. The van der Waals surface area contributed by atoms with Crippen LogP contribution in [0.2, 0.25) is 0 Å². The maximum absolute atomic E-state index is 9.47. The zero-order valence-corrected chi connectivity index (χ0v) is 8.31. The smallest absolute Gasteiger partial charge is 0.542 e. The van der Waals surface area contributed by atoms with E-state index in [1.165, 1.54) is 0 Å². The van der Waals surface area contributed by atoms with E-state index in [9.17, 15) is 4.79 Å². The first-order valence-electron chi connectivity index (χ1n) is 2.37. The zero-order chi connectivity index (χ0) is 5.54. The van der Waals surface area contributed by atoms with E-state index in [0.29, 0.717) is 6.42 Å². The van der Waals surface area contributed by atoms with Crippen LogP contribution in [0.3, 0.4) is 0 Å². The number of carbonyl (C=O) groups excluding carboxylic acids is 1. The summed E-state index contributed by atoms with van der Waals surface area (Å²) in [6.45, 7) is 0.182. The van der Waals surface area contributed by atoms with Gasteiger partial charge in [0.2, 0.25) is 0 Å². The third kappa shape index (κ3) is 10.3. The summed E-state index contributed by atoms with van der Waals surface area (Å²) in [5.41, 5.74) is 0. The minimum atomic E-state index is 0. The van der Waals surface area contributed by atoms with Crippen LogP contribution in [0.4, 0.5) is 0 Å². The molecule has 0 saturated heterocycles. The summed E-state index contributed by atoms with van der Waals surface area (Å²) in [4.78, 5) is 9.47. The Kier molecular flexibility index (Phi) is 16.7. The number of hydrogen-bond acceptors (Lipinski definition) is 2. The molecule has 0 atom stereocenters. The topological polar surface area (TPSA) is 37.3 Å². The van der Waals surface area contributed by atoms with Crippen molar-refractivity contribution in [2.75, 3.05) is 6.61 Å². The Labute approximate surface area is 92.1 Å². The molecule has 3 heteroatoms. The second-order valence-corrected chi connectivity index (χ2v) is 1.33. The van der Waals surface area contributed by atoms with Crippen molar-refractivity contribution in [2.24, 2.45) is 0 Å². The van der Waals surface area contributed by atoms with E-state index in [0.717, 1.165) is 12.8 Å². The van der Waals surface area contributed by atoms with Crippen molar-refractivity contribution < 1.29 is 61.3 Å². The maximum Gasteiger partial charge on any atom is 1.00 e. The van der Waals surface area contributed by atoms with Crippen molar-refractivity contribution in [3.05, 3.63) is 0 Å². The van der Waals surface area contributed by atoms with Crippen molar-refractivity contribution >= 4 is 6.29 Å². The molecule has 0 saturated carbocycles. The Morgan fingerprint density at radius 1 is 1.38 bits per heavy atom. The fourth-order valence-electron chi connectivity index (χ4n) is 0.309. The largest absolute Gasteiger partial charge is 1.00 e. The molecule has 0 bridgehead atoms. The second-order valence-electron chi connectivity index (χ2n) is 1.33. The molecule has 1 N–H and O–H groups in total. The van der Waals surface area contributed by atoms with Gasteiger partial charge < -0.3 is 9.90 Å². The number of unbranched alkanes of at least 4 members (excludes halogenated alkanes) is 2. The molecule has 0 heterocycles. The molecular weight excluding hydrogens is 131 g/mol. The van der Waals surface area contributed by atoms with Crippen molar-refractivity contribution in [2.45, 2.75) is 19.3 Å². The molecule has 42 valence electrons. The van der Waals surface area contributed by atoms with Crippen LogP contribution < -0.4 is 51.4 Å². The van der Waals surface area contributed by atoms with E-state index in [2.05, 4.69) is 0 Å². The molecular formula is C5H9KO2. The SMILES string of the molecule is O=[C-]CCCCO.[K+]. The van der Waals surface area contributed by atoms with Gasteiger partial charge in [0.15, 0.2) is 0 Å². The summed E-state index contributed by atoms with van der Waals surface area (Å²) in [6.07, 6.45) is 3.68. The van der Waals surface area contributed by atoms with Gasteiger partial charge in [0.1, 0.15) is 0 Å². The molecule has 2 nitrogen and oxygen atoms in total. The van der Waals surface area contributed by atoms with Crippen LogP contribution >= 0.6 is 0 Å². The standard InChI is InChI=1S/C5H9O2.K/c6-4-2-1-3-5-7;/h6H,1-4H2;/q-1;+1. The number of aliphatic hydroxyl groups excluding tert-OH is 1. The van der Waals surface area contributed by atoms with E-state index in [4.69, 9.17) is 5.11 Å². The Morgan fingerprint density at radius 3 is 2.38 bits per heavy atom. The van der Waals surface area contributed by atoms with Crippen molar-refractivity contribution in [1.29, 1.82) is 0 Å². The van der Waals surface area contributed by atoms with Crippen molar-refractivity contribution in [1.82, 2.24) is 0 Å². The molecule has 0 fully saturated rings. The van der Waals surface area contributed by atoms with E-state index in [1.807, 2.05) is 0 Å². The molecule has 0 radical (unpaired) electrons. The van der Waals surface area contributed by atoms with Gasteiger partial charge in [-0.25, -0.2) is 0 Å². The van der Waals surface area contributed by atoms with Gasteiger partial charge in [-0.2, -0.15) is 6.42 Å². The predicted octanol–water partition coefficient (Wildman–Crippen LogP) is -2.74. The molecule has 0 aliphatic carbocycles. The first-order chi connectivity index (χ1) is 3.41. The van der Waals surface area contributed by atoms with E-state index < -0.39 is 0 Å². The van der Waals surface area contributed by atoms with Gasteiger partial charge in [0.05, 0.1) is 0 Å². The first kappa shape index (κ1) is 12.0. The first-order valence-corrected chi connectivity index (χ1v) is 2.37. The van der Waals surface area contributed by atoms with Crippen LogP contribution in [-0.2, 0) is 4.79 Å². The van der Waals surface area contributed by atoms with Gasteiger partial charge in [0.25, 0.3) is 0 Å². The molecule has 0 rings (SSSR count). The molecule has 0 aromatic heterocycles. The average molecular weight is 140 g/mol. The van der Waals surface area contributed by atoms with Crippen LogP contribution in [0.15, 0.2) is 0 Å². The molecule has 0 aliphatic rings. The summed E-state index contributed by atoms with van der Waals surface area (Å²) in [7, 11) is 0. The Bertz CT molecular complexity index is 47.7. The third-order valence-electron chi connectivity index (χ3n) is 0.687. The van der Waals surface area contributed by atoms with E-state index in [-0.39, 0.29) is 58.0 Å². The summed E-state index contributed by atoms with van der Waals surface area (Å²) in [6, 6.07) is 0. The van der Waals surface area contributed by atoms with Gasteiger partial charge in [-0.3, -0.25) is 6.29 Å². The van der Waals surface area contributed by atoms with Crippen LogP contribution in [-0.4, -0.2) is 18.0 Å². The second kappa shape index (κ2) is 11.1. The Morgan fingerprint density at radius 2 is 2.00 bits per heavy atom. The molecule has 0 aromatic rings. The monoisotopic (exact) mass is 140 g/mol. The summed E-state index contributed by atoms with van der Waals surface area (Å²) in [5.74, 6) is 0. The van der Waals surface area contributed by atoms with Crippen molar-refractivity contribution in [3.63, 3.8) is 0 Å². The van der Waals surface area contributed by atoms with Crippen LogP contribution in [0.25, 0.3) is 0 Å². The zero-order valence-electron chi connectivity index (χ0n) is 5.18. The normalized spacial score (nSPS) is 7.62. The van der Waals surface area contributed by atoms with Gasteiger partial charge in [-0.15, -0.1) is 0 Å². The quantitative estimate of drug-likeness (QED) is 0.261. The van der Waals surface area contributed by atoms with Gasteiger partial charge >= 0.3 is 51.4 Å². The fraction of sp³-hybridized carbons (Fsp3) is 0.800. The summed E-state index contributed by atoms with van der Waals surface area (Å²) in [5, 5.41) is 8.16. The molecule has 0 aromatic carbocycles. The molecule has 0 spiro atoms. The van der Waals surface area contributed by atoms with Crippen LogP contribution in [0.1, 0.15) is 19.3 Å². The minimum absolute atomic E-state index is 0. The summed E-state index contributed by atoms with van der Waals surface area (Å²) >= 11 is 0. The van der Waals surface area contributed by atoms with Gasteiger partial charge in [0, 0.05) is 6.61 Å². The maximum atomic E-state index is 9.47. The average Bonchev–Trinajstić information content (AvgIpc) is 1.69. The van der Waals surface area contributed by atoms with Crippen LogP contribution in [0, 0.1) is 0 Å². The van der Waals surface area contributed by atoms with Crippen molar-refractivity contribution in [3.8, 4) is 0 Å². The Hall–Kier alpha value is 1.27. The third-order valence-corrected chi connectivity index (χ3v) is 0.687. The number of aliphatic hydroxyl groups is 1. The Balaban J connectivity index is 0. The predicted molar refractivity (Wildman–Crippen MR) is 26.6 cm³/mol. The van der Waals surface area contributed by atoms with E-state index >= 15 is 0 Å². The molecule has 0 aliphatic heterocycles. The fourth-order valence-corrected chi connectivity index (χ4v) is 0.309. The number of hydrogen-bond donors (Lipinski definition) is 1. The van der Waals surface area contributed by atoms with E-state index in [1.54, 1.807) is 6.29 Å². The molecule has 0 amide bonds. The van der Waals surface area contributed by atoms with Crippen LogP contribution in [0.5, 0.6) is 0 Å².